The van der Waals surface area contributed by atoms with Crippen molar-refractivity contribution < 1.29 is 14.6 Å². The Bertz CT molecular complexity index is 1150. The Hall–Kier alpha value is -3.41. The van der Waals surface area contributed by atoms with Crippen LogP contribution in [0.3, 0.4) is 0 Å². The van der Waals surface area contributed by atoms with E-state index in [9.17, 15) is 9.90 Å². The summed E-state index contributed by atoms with van der Waals surface area (Å²) in [4.78, 5) is 23.3. The zero-order chi connectivity index (χ0) is 25.5. The van der Waals surface area contributed by atoms with Gasteiger partial charge in [-0.25, -0.2) is 0 Å². The van der Waals surface area contributed by atoms with Crippen molar-refractivity contribution in [3.63, 3.8) is 0 Å². The van der Waals surface area contributed by atoms with Crippen LogP contribution in [-0.4, -0.2) is 40.7 Å². The topological polar surface area (TPSA) is 75.6 Å². The Morgan fingerprint density at radius 3 is 2.44 bits per heavy atom. The van der Waals surface area contributed by atoms with Gasteiger partial charge in [-0.05, 0) is 62.1 Å². The van der Waals surface area contributed by atoms with Crippen LogP contribution in [0.5, 0.6) is 5.75 Å². The molecule has 1 aliphatic heterocycles. The number of nitrogens with zero attached hydrogens (tertiary/aromatic N) is 3. The molecule has 1 N–H and O–H groups in total. The molecule has 0 aliphatic carbocycles. The van der Waals surface area contributed by atoms with Crippen LogP contribution in [0.15, 0.2) is 54.9 Å². The van der Waals surface area contributed by atoms with Crippen molar-refractivity contribution in [3.05, 3.63) is 71.7 Å². The third kappa shape index (κ3) is 6.62. The number of hydrogen-bond donors (Lipinski definition) is 1. The zero-order valence-electron chi connectivity index (χ0n) is 21.7. The minimum atomic E-state index is -0.848. The van der Waals surface area contributed by atoms with Crippen molar-refractivity contribution in [1.29, 1.82) is 0 Å². The summed E-state index contributed by atoms with van der Waals surface area (Å²) >= 11 is 0. The number of hydrogen-bond acceptors (Lipinski definition) is 5. The number of benzene rings is 1. The molecule has 0 saturated carbocycles. The van der Waals surface area contributed by atoms with E-state index in [1.807, 2.05) is 31.3 Å². The molecule has 6 nitrogen and oxygen atoms in total. The summed E-state index contributed by atoms with van der Waals surface area (Å²) in [7, 11) is 0. The highest BCUT2D eigenvalue weighted by Crippen LogP contribution is 2.39. The number of carboxylic acid groups (broad SMARTS) is 1. The van der Waals surface area contributed by atoms with Gasteiger partial charge in [0.15, 0.2) is 0 Å². The maximum Gasteiger partial charge on any atom is 0.307 e. The van der Waals surface area contributed by atoms with Crippen LogP contribution < -0.4 is 9.64 Å². The lowest BCUT2D eigenvalue weighted by Gasteiger charge is -2.40. The fraction of sp³-hybridized carbons (Fsp3) is 0.433. The number of aromatic nitrogens is 2. The summed E-state index contributed by atoms with van der Waals surface area (Å²) in [6.07, 6.45) is 8.77. The number of aryl methyl sites for hydroxylation is 2. The average molecular weight is 488 g/mol. The first-order valence-corrected chi connectivity index (χ1v) is 12.9. The van der Waals surface area contributed by atoms with Crippen molar-refractivity contribution in [2.75, 3.05) is 24.6 Å². The third-order valence-corrected chi connectivity index (χ3v) is 7.11. The van der Waals surface area contributed by atoms with Crippen LogP contribution >= 0.6 is 0 Å². The lowest BCUT2D eigenvalue weighted by atomic mass is 9.82. The van der Waals surface area contributed by atoms with E-state index in [-0.39, 0.29) is 6.42 Å². The minimum Gasteiger partial charge on any atom is -0.492 e. The summed E-state index contributed by atoms with van der Waals surface area (Å²) in [5, 5.41) is 9.60. The van der Waals surface area contributed by atoms with Gasteiger partial charge in [0.05, 0.1) is 30.6 Å². The largest absolute Gasteiger partial charge is 0.492 e. The van der Waals surface area contributed by atoms with Crippen LogP contribution in [0.2, 0.25) is 0 Å². The van der Waals surface area contributed by atoms with Gasteiger partial charge in [-0.3, -0.25) is 14.8 Å². The summed E-state index contributed by atoms with van der Waals surface area (Å²) in [6, 6.07) is 14.4. The Morgan fingerprint density at radius 2 is 1.78 bits per heavy atom. The number of aliphatic carboxylic acids is 1. The molecule has 2 aromatic heterocycles. The molecule has 1 aromatic carbocycles. The van der Waals surface area contributed by atoms with E-state index in [4.69, 9.17) is 9.72 Å². The molecule has 190 valence electrons. The molecular formula is C30H37N3O3. The van der Waals surface area contributed by atoms with Crippen molar-refractivity contribution in [3.8, 4) is 17.0 Å². The fourth-order valence-corrected chi connectivity index (χ4v) is 4.77. The maximum absolute atomic E-state index is 11.7. The number of carbonyl (C=O) groups is 1. The molecule has 0 amide bonds. The number of anilines is 1. The first-order valence-electron chi connectivity index (χ1n) is 12.9. The molecule has 0 radical (unpaired) electrons. The Balaban J connectivity index is 1.47. The first-order chi connectivity index (χ1) is 17.3. The molecule has 1 aliphatic rings. The highest BCUT2D eigenvalue weighted by atomic mass is 16.5. The van der Waals surface area contributed by atoms with Crippen LogP contribution in [-0.2, 0) is 17.6 Å². The maximum atomic E-state index is 11.7. The Morgan fingerprint density at radius 1 is 1.03 bits per heavy atom. The monoisotopic (exact) mass is 487 g/mol. The molecule has 0 spiro atoms. The average Bonchev–Trinajstić information content (AvgIpc) is 2.86. The summed E-state index contributed by atoms with van der Waals surface area (Å²) < 4.78 is 5.93. The number of unbranched alkanes of at least 4 members (excludes halogenated alkanes) is 1. The second-order valence-corrected chi connectivity index (χ2v) is 10.5. The van der Waals surface area contributed by atoms with E-state index in [1.165, 1.54) is 5.56 Å². The minimum absolute atomic E-state index is 0.0495. The second kappa shape index (κ2) is 11.5. The highest BCUT2D eigenvalue weighted by molar-refractivity contribution is 5.83. The van der Waals surface area contributed by atoms with Gasteiger partial charge in [0.1, 0.15) is 5.75 Å². The standard InChI is InChI=1S/C30H37N3O3/c1-22-25(19-28(34)35)29(33-16-14-30(2,3)15-17-33)26(21-31-22)27-13-12-24(20-32-27)36-18-8-7-11-23-9-5-4-6-10-23/h4-6,9-10,12-13,20-21H,7-8,11,14-19H2,1-3H3,(H,34,35). The van der Waals surface area contributed by atoms with Gasteiger partial charge in [-0.2, -0.15) is 0 Å². The molecule has 0 atom stereocenters. The van der Waals surface area contributed by atoms with E-state index >= 15 is 0 Å². The number of carboxylic acids is 1. The van der Waals surface area contributed by atoms with Gasteiger partial charge in [0.2, 0.25) is 0 Å². The molecule has 0 unspecified atom stereocenters. The molecule has 4 rings (SSSR count). The van der Waals surface area contributed by atoms with Gasteiger partial charge in [-0.1, -0.05) is 44.2 Å². The molecule has 3 aromatic rings. The van der Waals surface area contributed by atoms with Crippen LogP contribution in [0.4, 0.5) is 5.69 Å². The van der Waals surface area contributed by atoms with Crippen molar-refractivity contribution in [2.45, 2.75) is 59.3 Å². The zero-order valence-corrected chi connectivity index (χ0v) is 21.7. The predicted octanol–water partition coefficient (Wildman–Crippen LogP) is 6.11. The molecule has 3 heterocycles. The number of rotatable bonds is 10. The lowest BCUT2D eigenvalue weighted by Crippen LogP contribution is -2.38. The van der Waals surface area contributed by atoms with Crippen LogP contribution in [0, 0.1) is 12.3 Å². The number of piperidine rings is 1. The van der Waals surface area contributed by atoms with Crippen molar-refractivity contribution >= 4 is 11.7 Å². The second-order valence-electron chi connectivity index (χ2n) is 10.5. The molecule has 36 heavy (non-hydrogen) atoms. The van der Waals surface area contributed by atoms with Gasteiger partial charge >= 0.3 is 5.97 Å². The van der Waals surface area contributed by atoms with Gasteiger partial charge < -0.3 is 14.7 Å². The summed E-state index contributed by atoms with van der Waals surface area (Å²) in [5.74, 6) is -0.106. The lowest BCUT2D eigenvalue weighted by molar-refractivity contribution is -0.136. The number of ether oxygens (including phenoxy) is 1. The fourth-order valence-electron chi connectivity index (χ4n) is 4.77. The molecular weight excluding hydrogens is 450 g/mol. The van der Waals surface area contributed by atoms with E-state index < -0.39 is 5.97 Å². The normalized spacial score (nSPS) is 15.0. The predicted molar refractivity (Wildman–Crippen MR) is 144 cm³/mol. The Kier molecular flexibility index (Phi) is 8.24. The molecule has 1 saturated heterocycles. The van der Waals surface area contributed by atoms with Gasteiger partial charge in [0, 0.05) is 36.1 Å². The smallest absolute Gasteiger partial charge is 0.307 e. The molecule has 0 bridgehead atoms. The molecule has 1 fully saturated rings. The first kappa shape index (κ1) is 25.7. The number of pyridine rings is 2. The molecule has 6 heteroatoms. The Labute approximate surface area is 214 Å². The van der Waals surface area contributed by atoms with E-state index in [2.05, 4.69) is 48.0 Å². The quantitative estimate of drug-likeness (QED) is 0.348. The van der Waals surface area contributed by atoms with Gasteiger partial charge in [-0.15, -0.1) is 0 Å². The highest BCUT2D eigenvalue weighted by Gasteiger charge is 2.29. The third-order valence-electron chi connectivity index (χ3n) is 7.11. The van der Waals surface area contributed by atoms with E-state index in [0.29, 0.717) is 12.0 Å². The van der Waals surface area contributed by atoms with Crippen LogP contribution in [0.25, 0.3) is 11.3 Å². The van der Waals surface area contributed by atoms with Gasteiger partial charge in [0.25, 0.3) is 0 Å². The summed E-state index contributed by atoms with van der Waals surface area (Å²) in [5.41, 5.74) is 5.81. The SMILES string of the molecule is Cc1ncc(-c2ccc(OCCCCc3ccccc3)cn2)c(N2CCC(C)(C)CC2)c1CC(=O)O. The van der Waals surface area contributed by atoms with E-state index in [1.54, 1.807) is 6.20 Å². The van der Waals surface area contributed by atoms with E-state index in [0.717, 1.165) is 79.1 Å². The summed E-state index contributed by atoms with van der Waals surface area (Å²) in [6.45, 7) is 8.91. The van der Waals surface area contributed by atoms with Crippen molar-refractivity contribution in [2.24, 2.45) is 5.41 Å². The van der Waals surface area contributed by atoms with Crippen molar-refractivity contribution in [1.82, 2.24) is 9.97 Å². The van der Waals surface area contributed by atoms with Crippen LogP contribution in [0.1, 0.15) is 56.4 Å².